The van der Waals surface area contributed by atoms with Gasteiger partial charge in [-0.3, -0.25) is 4.99 Å². The molecule has 11 heavy (non-hydrogen) atoms. The van der Waals surface area contributed by atoms with Crippen molar-refractivity contribution in [1.82, 2.24) is 0 Å². The number of hydrogen-bond acceptors (Lipinski definition) is 1. The zero-order valence-corrected chi connectivity index (χ0v) is 7.26. The molecular formula is C9H14FN. The highest BCUT2D eigenvalue weighted by Crippen LogP contribution is 1.98. The summed E-state index contributed by atoms with van der Waals surface area (Å²) in [6, 6.07) is 0. The van der Waals surface area contributed by atoms with Crippen LogP contribution in [0, 0.1) is 0 Å². The molecule has 0 heterocycles. The molecule has 0 bridgehead atoms. The van der Waals surface area contributed by atoms with Crippen LogP contribution in [0.5, 0.6) is 0 Å². The van der Waals surface area contributed by atoms with E-state index in [9.17, 15) is 4.39 Å². The van der Waals surface area contributed by atoms with E-state index in [2.05, 4.69) is 4.99 Å². The lowest BCUT2D eigenvalue weighted by atomic mass is 10.4. The van der Waals surface area contributed by atoms with Crippen molar-refractivity contribution in [3.05, 3.63) is 23.7 Å². The molecule has 0 saturated heterocycles. The van der Waals surface area contributed by atoms with Gasteiger partial charge in [-0.25, -0.2) is 4.39 Å². The standard InChI is InChI=1S/C9H14FN/c1-4-6-8(3)11-7-9(10)5-2/h5-7H,4H2,1-3H3/b8-6+,9-5+,11-7+. The van der Waals surface area contributed by atoms with Crippen LogP contribution in [0.25, 0.3) is 0 Å². The largest absolute Gasteiger partial charge is 0.259 e. The predicted octanol–water partition coefficient (Wildman–Crippen LogP) is 3.24. The minimum absolute atomic E-state index is 0.297. The molecule has 0 amide bonds. The van der Waals surface area contributed by atoms with Crippen molar-refractivity contribution in [3.63, 3.8) is 0 Å². The van der Waals surface area contributed by atoms with Crippen molar-refractivity contribution in [2.24, 2.45) is 4.99 Å². The summed E-state index contributed by atoms with van der Waals surface area (Å²) in [7, 11) is 0. The van der Waals surface area contributed by atoms with Gasteiger partial charge in [0.25, 0.3) is 0 Å². The Balaban J connectivity index is 4.03. The van der Waals surface area contributed by atoms with Crippen molar-refractivity contribution in [2.75, 3.05) is 0 Å². The maximum atomic E-state index is 12.4. The van der Waals surface area contributed by atoms with Crippen LogP contribution in [0.1, 0.15) is 27.2 Å². The molecule has 0 spiro atoms. The van der Waals surface area contributed by atoms with E-state index in [1.54, 1.807) is 6.92 Å². The summed E-state index contributed by atoms with van der Waals surface area (Å²) >= 11 is 0. The number of aliphatic imine (C=N–C) groups is 1. The van der Waals surface area contributed by atoms with E-state index >= 15 is 0 Å². The van der Waals surface area contributed by atoms with Crippen molar-refractivity contribution < 1.29 is 4.39 Å². The van der Waals surface area contributed by atoms with E-state index < -0.39 is 0 Å². The van der Waals surface area contributed by atoms with Crippen LogP contribution in [0.15, 0.2) is 28.7 Å². The Morgan fingerprint density at radius 3 is 2.64 bits per heavy atom. The molecule has 0 saturated carbocycles. The molecule has 0 atom stereocenters. The number of nitrogens with zero attached hydrogens (tertiary/aromatic N) is 1. The number of rotatable bonds is 3. The second kappa shape index (κ2) is 5.83. The lowest BCUT2D eigenvalue weighted by Crippen LogP contribution is -1.75. The molecule has 0 aromatic carbocycles. The Kier molecular flexibility index (Phi) is 5.35. The van der Waals surface area contributed by atoms with Gasteiger partial charge in [-0.1, -0.05) is 19.1 Å². The Morgan fingerprint density at radius 1 is 1.55 bits per heavy atom. The zero-order valence-electron chi connectivity index (χ0n) is 7.26. The molecule has 2 heteroatoms. The molecule has 0 rings (SSSR count). The summed E-state index contributed by atoms with van der Waals surface area (Å²) in [6.45, 7) is 5.51. The normalized spacial score (nSPS) is 14.5. The summed E-state index contributed by atoms with van der Waals surface area (Å²) in [6.07, 6.45) is 5.48. The number of hydrogen-bond donors (Lipinski definition) is 0. The molecule has 0 fully saturated rings. The zero-order chi connectivity index (χ0) is 8.69. The third-order valence-corrected chi connectivity index (χ3v) is 1.17. The maximum absolute atomic E-state index is 12.4. The van der Waals surface area contributed by atoms with Crippen molar-refractivity contribution in [3.8, 4) is 0 Å². The molecule has 0 aliphatic rings. The molecule has 0 unspecified atom stereocenters. The minimum Gasteiger partial charge on any atom is -0.259 e. The molecule has 0 N–H and O–H groups in total. The van der Waals surface area contributed by atoms with Gasteiger partial charge in [-0.2, -0.15) is 0 Å². The van der Waals surface area contributed by atoms with Gasteiger partial charge in [-0.15, -0.1) is 0 Å². The van der Waals surface area contributed by atoms with E-state index in [0.29, 0.717) is 0 Å². The lowest BCUT2D eigenvalue weighted by molar-refractivity contribution is 0.684. The summed E-state index contributed by atoms with van der Waals surface area (Å²) in [5.41, 5.74) is 0.851. The first-order valence-electron chi connectivity index (χ1n) is 3.73. The fraction of sp³-hybridized carbons (Fsp3) is 0.444. The number of allylic oxidation sites excluding steroid dienone is 4. The van der Waals surface area contributed by atoms with Crippen molar-refractivity contribution in [2.45, 2.75) is 27.2 Å². The van der Waals surface area contributed by atoms with E-state index in [1.807, 2.05) is 19.9 Å². The fourth-order valence-electron chi connectivity index (χ4n) is 0.586. The van der Waals surface area contributed by atoms with Gasteiger partial charge < -0.3 is 0 Å². The van der Waals surface area contributed by atoms with Gasteiger partial charge in [0.05, 0.1) is 6.21 Å². The van der Waals surface area contributed by atoms with Crippen LogP contribution < -0.4 is 0 Å². The number of halogens is 1. The first kappa shape index (κ1) is 10.1. The molecule has 62 valence electrons. The van der Waals surface area contributed by atoms with E-state index in [4.69, 9.17) is 0 Å². The summed E-state index contributed by atoms with van der Waals surface area (Å²) < 4.78 is 12.4. The third kappa shape index (κ3) is 5.52. The molecule has 0 aliphatic carbocycles. The monoisotopic (exact) mass is 155 g/mol. The predicted molar refractivity (Wildman–Crippen MR) is 47.4 cm³/mol. The van der Waals surface area contributed by atoms with Gasteiger partial charge >= 0.3 is 0 Å². The van der Waals surface area contributed by atoms with Crippen LogP contribution in [-0.2, 0) is 0 Å². The van der Waals surface area contributed by atoms with Gasteiger partial charge in [0, 0.05) is 5.70 Å². The van der Waals surface area contributed by atoms with Crippen molar-refractivity contribution in [1.29, 1.82) is 0 Å². The second-order valence-electron chi connectivity index (χ2n) is 2.19. The Morgan fingerprint density at radius 2 is 2.18 bits per heavy atom. The Hall–Kier alpha value is -0.920. The highest BCUT2D eigenvalue weighted by atomic mass is 19.1. The van der Waals surface area contributed by atoms with Gasteiger partial charge in [0.15, 0.2) is 0 Å². The lowest BCUT2D eigenvalue weighted by Gasteiger charge is -1.88. The van der Waals surface area contributed by atoms with Crippen LogP contribution in [-0.4, -0.2) is 6.21 Å². The minimum atomic E-state index is -0.297. The SMILES string of the molecule is C\C=C(F)/C=N/C(C)=C/CC. The summed E-state index contributed by atoms with van der Waals surface area (Å²) in [5, 5.41) is 0. The fourth-order valence-corrected chi connectivity index (χ4v) is 0.586. The summed E-state index contributed by atoms with van der Waals surface area (Å²) in [5.74, 6) is -0.297. The van der Waals surface area contributed by atoms with Crippen molar-refractivity contribution >= 4 is 6.21 Å². The highest BCUT2D eigenvalue weighted by Gasteiger charge is 1.84. The Labute approximate surface area is 67.3 Å². The average Bonchev–Trinajstić information content (AvgIpc) is 2.01. The molecular weight excluding hydrogens is 141 g/mol. The average molecular weight is 155 g/mol. The van der Waals surface area contributed by atoms with E-state index in [1.165, 1.54) is 12.3 Å². The molecule has 0 aliphatic heterocycles. The van der Waals surface area contributed by atoms with Gasteiger partial charge in [0.1, 0.15) is 5.83 Å². The van der Waals surface area contributed by atoms with E-state index in [0.717, 1.165) is 12.1 Å². The van der Waals surface area contributed by atoms with E-state index in [-0.39, 0.29) is 5.83 Å². The van der Waals surface area contributed by atoms with Crippen LogP contribution in [0.4, 0.5) is 4.39 Å². The second-order valence-corrected chi connectivity index (χ2v) is 2.19. The third-order valence-electron chi connectivity index (χ3n) is 1.17. The maximum Gasteiger partial charge on any atom is 0.137 e. The molecule has 0 radical (unpaired) electrons. The molecule has 0 aromatic rings. The molecule has 1 nitrogen and oxygen atoms in total. The molecule has 0 aromatic heterocycles. The van der Waals surface area contributed by atoms with Crippen LogP contribution in [0.2, 0.25) is 0 Å². The quantitative estimate of drug-likeness (QED) is 0.555. The summed E-state index contributed by atoms with van der Waals surface area (Å²) in [4.78, 5) is 3.88. The Bertz CT molecular complexity index is 190. The first-order chi connectivity index (χ1) is 5.20. The van der Waals surface area contributed by atoms with Crippen LogP contribution in [0.3, 0.4) is 0 Å². The van der Waals surface area contributed by atoms with Crippen LogP contribution >= 0.6 is 0 Å². The van der Waals surface area contributed by atoms with Gasteiger partial charge in [0.2, 0.25) is 0 Å². The smallest absolute Gasteiger partial charge is 0.137 e. The topological polar surface area (TPSA) is 12.4 Å². The highest BCUT2D eigenvalue weighted by molar-refractivity contribution is 5.76. The first-order valence-corrected chi connectivity index (χ1v) is 3.73. The van der Waals surface area contributed by atoms with Gasteiger partial charge in [-0.05, 0) is 20.3 Å².